The molecule has 15 heteroatoms. The Balaban J connectivity index is 1.71. The van der Waals surface area contributed by atoms with Gasteiger partial charge in [-0.1, -0.05) is 33.6 Å². The highest BCUT2D eigenvalue weighted by Gasteiger charge is 2.36. The average molecular weight is 725 g/mol. The zero-order chi connectivity index (χ0) is 34.1. The van der Waals surface area contributed by atoms with E-state index in [1.54, 1.807) is 19.9 Å². The first kappa shape index (κ1) is 34.7. The monoisotopic (exact) mass is 723 g/mol. The van der Waals surface area contributed by atoms with Gasteiger partial charge in [0.15, 0.2) is 5.56 Å². The van der Waals surface area contributed by atoms with E-state index in [9.17, 15) is 32.3 Å². The first-order chi connectivity index (χ1) is 21.5. The standard InChI is InChI=1S/C31H30BrClF3N5O5/c1-6-16(2)37-29-38-25-15-40(27(43)20-9-12-24(32)23(14-20)31(34,35)36)17(3)13-22(25)28(44)41(29)21-10-7-19(8-11-21)26(42)39(5)30(45)46-18(4)33/h6-12,14,16-18H,1,13,15H2,2-5H3,(H,37,38)/t16-,17+,18?/m0/s1. The number of hydrogen-bond donors (Lipinski definition) is 1. The van der Waals surface area contributed by atoms with E-state index in [4.69, 9.17) is 16.3 Å². The second kappa shape index (κ2) is 13.7. The van der Waals surface area contributed by atoms with Crippen LogP contribution in [0.15, 0.2) is 64.4 Å². The van der Waals surface area contributed by atoms with Crippen molar-refractivity contribution in [3.8, 4) is 5.69 Å². The number of fused-ring (bicyclic) bond motifs is 1. The Kier molecular flexibility index (Phi) is 10.3. The molecule has 0 saturated heterocycles. The number of alkyl halides is 4. The number of halogens is 5. The maximum atomic E-state index is 14.0. The van der Waals surface area contributed by atoms with Gasteiger partial charge in [-0.15, -0.1) is 6.58 Å². The number of carbonyl (C=O) groups is 3. The van der Waals surface area contributed by atoms with Crippen molar-refractivity contribution in [2.45, 2.75) is 57.6 Å². The fourth-order valence-corrected chi connectivity index (χ4v) is 5.37. The van der Waals surface area contributed by atoms with Crippen LogP contribution in [0.2, 0.25) is 0 Å². The van der Waals surface area contributed by atoms with E-state index in [0.29, 0.717) is 16.9 Å². The lowest BCUT2D eigenvalue weighted by atomic mass is 9.98. The lowest BCUT2D eigenvalue weighted by Gasteiger charge is -2.35. The molecule has 1 aliphatic rings. The van der Waals surface area contributed by atoms with E-state index in [2.05, 4.69) is 32.8 Å². The predicted molar refractivity (Wildman–Crippen MR) is 169 cm³/mol. The Morgan fingerprint density at radius 1 is 1.17 bits per heavy atom. The molecule has 1 N–H and O–H groups in total. The minimum atomic E-state index is -4.67. The van der Waals surface area contributed by atoms with Crippen LogP contribution in [0.25, 0.3) is 5.69 Å². The number of hydrogen-bond acceptors (Lipinski definition) is 7. The number of nitrogens with zero attached hydrogens (tertiary/aromatic N) is 4. The zero-order valence-corrected chi connectivity index (χ0v) is 27.5. The van der Waals surface area contributed by atoms with Gasteiger partial charge in [0.2, 0.25) is 5.95 Å². The Bertz CT molecular complexity index is 1750. The molecule has 1 aromatic heterocycles. The second-order valence-corrected chi connectivity index (χ2v) is 12.2. The van der Waals surface area contributed by atoms with E-state index in [1.165, 1.54) is 59.8 Å². The Morgan fingerprint density at radius 2 is 1.80 bits per heavy atom. The van der Waals surface area contributed by atoms with Crippen molar-refractivity contribution < 1.29 is 32.3 Å². The van der Waals surface area contributed by atoms with Gasteiger partial charge in [0, 0.05) is 40.3 Å². The summed E-state index contributed by atoms with van der Waals surface area (Å²) in [5.41, 5.74) is -1.37. The predicted octanol–water partition coefficient (Wildman–Crippen LogP) is 6.38. The molecular weight excluding hydrogens is 695 g/mol. The summed E-state index contributed by atoms with van der Waals surface area (Å²) in [4.78, 5) is 59.2. The molecule has 0 spiro atoms. The summed E-state index contributed by atoms with van der Waals surface area (Å²) >= 11 is 8.57. The van der Waals surface area contributed by atoms with Crippen LogP contribution in [-0.4, -0.2) is 62.0 Å². The molecule has 0 saturated carbocycles. The number of ether oxygens (including phenoxy) is 1. The maximum absolute atomic E-state index is 14.0. The maximum Gasteiger partial charge on any atom is 0.418 e. The molecule has 0 bridgehead atoms. The number of carbonyl (C=O) groups excluding carboxylic acids is 3. The molecule has 10 nitrogen and oxygen atoms in total. The number of amides is 3. The van der Waals surface area contributed by atoms with Crippen LogP contribution in [0.4, 0.5) is 23.9 Å². The van der Waals surface area contributed by atoms with Crippen molar-refractivity contribution in [3.63, 3.8) is 0 Å². The van der Waals surface area contributed by atoms with Crippen LogP contribution in [0.5, 0.6) is 0 Å². The molecule has 3 aromatic rings. The molecule has 0 aliphatic carbocycles. The fraction of sp³-hybridized carbons (Fsp3) is 0.323. The van der Waals surface area contributed by atoms with E-state index < -0.39 is 46.8 Å². The van der Waals surface area contributed by atoms with Gasteiger partial charge < -0.3 is 15.0 Å². The average Bonchev–Trinajstić information content (AvgIpc) is 2.99. The van der Waals surface area contributed by atoms with Gasteiger partial charge in [-0.05, 0) is 69.7 Å². The summed E-state index contributed by atoms with van der Waals surface area (Å²) in [6, 6.07) is 8.31. The molecule has 4 rings (SSSR count). The van der Waals surface area contributed by atoms with Crippen LogP contribution < -0.4 is 10.9 Å². The lowest BCUT2D eigenvalue weighted by Crippen LogP contribution is -2.46. The number of nitrogens with one attached hydrogen (secondary N) is 1. The van der Waals surface area contributed by atoms with E-state index in [1.807, 2.05) is 0 Å². The van der Waals surface area contributed by atoms with Crippen molar-refractivity contribution in [1.29, 1.82) is 0 Å². The molecule has 46 heavy (non-hydrogen) atoms. The Hall–Kier alpha value is -4.17. The number of aromatic nitrogens is 2. The Morgan fingerprint density at radius 3 is 2.39 bits per heavy atom. The van der Waals surface area contributed by atoms with Crippen molar-refractivity contribution in [3.05, 3.63) is 97.9 Å². The number of imide groups is 1. The quantitative estimate of drug-likeness (QED) is 0.222. The number of rotatable bonds is 7. The van der Waals surface area contributed by atoms with Gasteiger partial charge in [0.1, 0.15) is 0 Å². The first-order valence-electron chi connectivity index (χ1n) is 14.0. The molecule has 2 aromatic carbocycles. The van der Waals surface area contributed by atoms with Gasteiger partial charge in [0.25, 0.3) is 17.4 Å². The summed E-state index contributed by atoms with van der Waals surface area (Å²) < 4.78 is 46.6. The lowest BCUT2D eigenvalue weighted by molar-refractivity contribution is -0.138. The van der Waals surface area contributed by atoms with Crippen LogP contribution in [0.3, 0.4) is 0 Å². The molecule has 1 aliphatic heterocycles. The van der Waals surface area contributed by atoms with E-state index in [-0.39, 0.29) is 40.6 Å². The van der Waals surface area contributed by atoms with Crippen LogP contribution in [0, 0.1) is 0 Å². The van der Waals surface area contributed by atoms with Crippen LogP contribution in [-0.2, 0) is 23.9 Å². The molecular formula is C31H30BrClF3N5O5. The first-order valence-corrected chi connectivity index (χ1v) is 15.2. The van der Waals surface area contributed by atoms with Crippen LogP contribution in [0.1, 0.15) is 58.3 Å². The summed E-state index contributed by atoms with van der Waals surface area (Å²) in [7, 11) is 1.25. The third-order valence-electron chi connectivity index (χ3n) is 7.32. The van der Waals surface area contributed by atoms with Crippen molar-refractivity contribution in [2.75, 3.05) is 12.4 Å². The van der Waals surface area contributed by atoms with Gasteiger partial charge >= 0.3 is 12.3 Å². The van der Waals surface area contributed by atoms with Gasteiger partial charge in [-0.2, -0.15) is 13.2 Å². The third-order valence-corrected chi connectivity index (χ3v) is 8.10. The minimum absolute atomic E-state index is 0.0926. The molecule has 1 unspecified atom stereocenters. The summed E-state index contributed by atoms with van der Waals surface area (Å²) in [5, 5.41) is 3.11. The highest BCUT2D eigenvalue weighted by molar-refractivity contribution is 9.10. The highest BCUT2D eigenvalue weighted by atomic mass is 79.9. The molecule has 2 heterocycles. The van der Waals surface area contributed by atoms with Crippen molar-refractivity contribution in [1.82, 2.24) is 19.4 Å². The third kappa shape index (κ3) is 7.28. The summed E-state index contributed by atoms with van der Waals surface area (Å²) in [5.74, 6) is -1.17. The molecule has 0 radical (unpaired) electrons. The molecule has 0 fully saturated rings. The SMILES string of the molecule is C=C[C@H](C)Nc1nc2c(c(=O)n1-c1ccc(C(=O)N(C)C(=O)OC(C)Cl)cc1)C[C@@H](C)N(C(=O)c1ccc(Br)c(C(F)(F)F)c1)C2. The van der Waals surface area contributed by atoms with Gasteiger partial charge in [-0.25, -0.2) is 19.2 Å². The number of anilines is 1. The van der Waals surface area contributed by atoms with Crippen molar-refractivity contribution in [2.24, 2.45) is 0 Å². The van der Waals surface area contributed by atoms with Gasteiger partial charge in [-0.3, -0.25) is 14.4 Å². The largest absolute Gasteiger partial charge is 0.430 e. The normalized spacial score (nSPS) is 15.8. The zero-order valence-electron chi connectivity index (χ0n) is 25.2. The second-order valence-electron chi connectivity index (χ2n) is 10.7. The van der Waals surface area contributed by atoms with Crippen molar-refractivity contribution >= 4 is 51.4 Å². The topological polar surface area (TPSA) is 114 Å². The molecule has 3 amide bonds. The van der Waals surface area contributed by atoms with E-state index >= 15 is 0 Å². The minimum Gasteiger partial charge on any atom is -0.430 e. The van der Waals surface area contributed by atoms with Gasteiger partial charge in [0.05, 0.1) is 23.5 Å². The van der Waals surface area contributed by atoms with E-state index in [0.717, 1.165) is 11.0 Å². The van der Waals surface area contributed by atoms with Crippen LogP contribution >= 0.6 is 27.5 Å². The highest BCUT2D eigenvalue weighted by Crippen LogP contribution is 2.36. The summed E-state index contributed by atoms with van der Waals surface area (Å²) in [6.07, 6.45) is -3.91. The summed E-state index contributed by atoms with van der Waals surface area (Å²) in [6.45, 7) is 8.56. The molecule has 3 atom stereocenters. The molecule has 244 valence electrons. The Labute approximate surface area is 275 Å². The smallest absolute Gasteiger partial charge is 0.418 e. The number of benzene rings is 2. The fourth-order valence-electron chi connectivity index (χ4n) is 4.82.